The van der Waals surface area contributed by atoms with E-state index in [9.17, 15) is 4.79 Å². The summed E-state index contributed by atoms with van der Waals surface area (Å²) in [6.07, 6.45) is 1.79. The maximum atomic E-state index is 12.4. The second-order valence-electron chi connectivity index (χ2n) is 6.67. The van der Waals surface area contributed by atoms with E-state index in [1.165, 1.54) is 23.5 Å². The second-order valence-corrected chi connectivity index (χ2v) is 8.56. The summed E-state index contributed by atoms with van der Waals surface area (Å²) in [5.74, 6) is 1.54. The topological polar surface area (TPSA) is 85.6 Å². The Morgan fingerprint density at radius 3 is 2.57 bits per heavy atom. The molecule has 0 saturated heterocycles. The summed E-state index contributed by atoms with van der Waals surface area (Å²) >= 11 is 2.87. The Morgan fingerprint density at radius 2 is 1.87 bits per heavy atom. The third kappa shape index (κ3) is 5.93. The predicted molar refractivity (Wildman–Crippen MR) is 122 cm³/mol. The van der Waals surface area contributed by atoms with Crippen molar-refractivity contribution in [2.75, 3.05) is 11.1 Å². The largest absolute Gasteiger partial charge is 0.325 e. The van der Waals surface area contributed by atoms with Gasteiger partial charge in [-0.15, -0.1) is 16.8 Å². The van der Waals surface area contributed by atoms with Crippen molar-refractivity contribution in [3.05, 3.63) is 65.8 Å². The number of hydrogen-bond acceptors (Lipinski definition) is 7. The third-order valence-electron chi connectivity index (χ3n) is 4.15. The van der Waals surface area contributed by atoms with Crippen LogP contribution in [0.5, 0.6) is 0 Å². The van der Waals surface area contributed by atoms with Crippen LogP contribution in [-0.4, -0.2) is 36.4 Å². The van der Waals surface area contributed by atoms with Crippen molar-refractivity contribution < 1.29 is 4.79 Å². The zero-order valence-electron chi connectivity index (χ0n) is 17.3. The van der Waals surface area contributed by atoms with E-state index in [1.54, 1.807) is 6.08 Å². The zero-order valence-corrected chi connectivity index (χ0v) is 18.9. The number of allylic oxidation sites excluding steroid dienone is 1. The molecule has 3 aromatic rings. The lowest BCUT2D eigenvalue weighted by Crippen LogP contribution is -2.15. The van der Waals surface area contributed by atoms with Gasteiger partial charge in [-0.2, -0.15) is 0 Å². The number of thioether (sulfide) groups is 2. The number of rotatable bonds is 9. The minimum atomic E-state index is -0.0815. The van der Waals surface area contributed by atoms with E-state index in [4.69, 9.17) is 0 Å². The van der Waals surface area contributed by atoms with Crippen LogP contribution in [0.3, 0.4) is 0 Å². The average Bonchev–Trinajstić information content (AvgIpc) is 3.08. The van der Waals surface area contributed by atoms with Crippen LogP contribution in [-0.2, 0) is 17.1 Å². The lowest BCUT2D eigenvalue weighted by atomic mass is 10.2. The summed E-state index contributed by atoms with van der Waals surface area (Å²) in [5.41, 5.74) is 3.72. The van der Waals surface area contributed by atoms with Crippen LogP contribution in [0.15, 0.2) is 53.3 Å². The first-order chi connectivity index (χ1) is 14.5. The highest BCUT2D eigenvalue weighted by atomic mass is 32.2. The van der Waals surface area contributed by atoms with Crippen molar-refractivity contribution in [2.45, 2.75) is 43.4 Å². The molecule has 0 unspecified atom stereocenters. The number of hydrogen-bond donors (Lipinski definition) is 1. The Hall–Kier alpha value is -2.65. The molecule has 1 N–H and O–H groups in total. The number of aryl methyl sites for hydroxylation is 3. The van der Waals surface area contributed by atoms with Crippen LogP contribution in [0.2, 0.25) is 0 Å². The number of benzene rings is 1. The van der Waals surface area contributed by atoms with Crippen molar-refractivity contribution in [3.8, 4) is 0 Å². The molecule has 1 aromatic carbocycles. The van der Waals surface area contributed by atoms with Gasteiger partial charge in [0.2, 0.25) is 5.91 Å². The van der Waals surface area contributed by atoms with Gasteiger partial charge < -0.3 is 9.88 Å². The van der Waals surface area contributed by atoms with Gasteiger partial charge >= 0.3 is 0 Å². The molecule has 0 fully saturated rings. The Morgan fingerprint density at radius 1 is 1.13 bits per heavy atom. The quantitative estimate of drug-likeness (QED) is 0.303. The van der Waals surface area contributed by atoms with E-state index in [1.807, 2.05) is 55.7 Å². The number of para-hydroxylation sites is 1. The van der Waals surface area contributed by atoms with Gasteiger partial charge in [-0.05, 0) is 38.5 Å². The van der Waals surface area contributed by atoms with E-state index in [0.717, 1.165) is 28.5 Å². The van der Waals surface area contributed by atoms with Crippen LogP contribution < -0.4 is 5.32 Å². The minimum absolute atomic E-state index is 0.0815. The molecule has 1 amide bonds. The van der Waals surface area contributed by atoms with Crippen LogP contribution in [0.25, 0.3) is 0 Å². The number of anilines is 1. The summed E-state index contributed by atoms with van der Waals surface area (Å²) in [6, 6.07) is 9.65. The summed E-state index contributed by atoms with van der Waals surface area (Å²) < 4.78 is 1.97. The fraction of sp³-hybridized carbons (Fsp3) is 0.286. The molecule has 3 rings (SSSR count). The van der Waals surface area contributed by atoms with Crippen LogP contribution >= 0.6 is 23.5 Å². The molecule has 0 radical (unpaired) electrons. The summed E-state index contributed by atoms with van der Waals surface area (Å²) in [6.45, 7) is 10.3. The smallest absolute Gasteiger partial charge is 0.234 e. The Bertz CT molecular complexity index is 1030. The number of amides is 1. The van der Waals surface area contributed by atoms with Gasteiger partial charge in [-0.1, -0.05) is 47.8 Å². The highest BCUT2D eigenvalue weighted by molar-refractivity contribution is 7.99. The van der Waals surface area contributed by atoms with Gasteiger partial charge in [0.15, 0.2) is 10.3 Å². The molecule has 0 aliphatic rings. The van der Waals surface area contributed by atoms with Crippen LogP contribution in [0, 0.1) is 20.8 Å². The second kappa shape index (κ2) is 10.4. The average molecular weight is 441 g/mol. The number of nitrogens with zero attached hydrogens (tertiary/aromatic N) is 5. The molecule has 2 heterocycles. The molecule has 0 saturated carbocycles. The van der Waals surface area contributed by atoms with Gasteiger partial charge in [0.05, 0.1) is 11.5 Å². The Kier molecular flexibility index (Phi) is 7.64. The lowest BCUT2D eigenvalue weighted by molar-refractivity contribution is -0.113. The van der Waals surface area contributed by atoms with E-state index in [2.05, 4.69) is 32.1 Å². The summed E-state index contributed by atoms with van der Waals surface area (Å²) in [7, 11) is 0. The van der Waals surface area contributed by atoms with Crippen LogP contribution in [0.1, 0.15) is 22.8 Å². The highest BCUT2D eigenvalue weighted by Gasteiger charge is 2.15. The van der Waals surface area contributed by atoms with Gasteiger partial charge in [-0.25, -0.2) is 9.97 Å². The van der Waals surface area contributed by atoms with Gasteiger partial charge in [-0.3, -0.25) is 4.79 Å². The first-order valence-corrected chi connectivity index (χ1v) is 11.4. The fourth-order valence-corrected chi connectivity index (χ4v) is 4.42. The highest BCUT2D eigenvalue weighted by Crippen LogP contribution is 2.23. The van der Waals surface area contributed by atoms with Crippen molar-refractivity contribution in [2.24, 2.45) is 0 Å². The van der Waals surface area contributed by atoms with E-state index in [-0.39, 0.29) is 11.7 Å². The molecule has 0 atom stereocenters. The molecular formula is C21H24N6OS2. The molecule has 0 aliphatic heterocycles. The number of carbonyl (C=O) groups excluding carboxylic acids is 1. The van der Waals surface area contributed by atoms with Crippen molar-refractivity contribution in [1.82, 2.24) is 24.7 Å². The normalized spacial score (nSPS) is 10.8. The van der Waals surface area contributed by atoms with Crippen molar-refractivity contribution >= 4 is 35.1 Å². The maximum absolute atomic E-state index is 12.4. The summed E-state index contributed by atoms with van der Waals surface area (Å²) in [5, 5.41) is 12.9. The van der Waals surface area contributed by atoms with Crippen molar-refractivity contribution in [1.29, 1.82) is 0 Å². The van der Waals surface area contributed by atoms with E-state index >= 15 is 0 Å². The molecular weight excluding hydrogens is 416 g/mol. The predicted octanol–water partition coefficient (Wildman–Crippen LogP) is 4.20. The lowest BCUT2D eigenvalue weighted by Gasteiger charge is -2.09. The number of aromatic nitrogens is 5. The summed E-state index contributed by atoms with van der Waals surface area (Å²) in [4.78, 5) is 21.3. The molecule has 9 heteroatoms. The Balaban J connectivity index is 1.64. The van der Waals surface area contributed by atoms with Gasteiger partial charge in [0.25, 0.3) is 0 Å². The monoisotopic (exact) mass is 440 g/mol. The van der Waals surface area contributed by atoms with Gasteiger partial charge in [0.1, 0.15) is 5.82 Å². The molecule has 7 nitrogen and oxygen atoms in total. The molecule has 0 bridgehead atoms. The molecule has 0 aliphatic carbocycles. The minimum Gasteiger partial charge on any atom is -0.325 e. The first-order valence-electron chi connectivity index (χ1n) is 9.42. The third-order valence-corrected chi connectivity index (χ3v) is 5.96. The molecule has 156 valence electrons. The zero-order chi connectivity index (χ0) is 21.5. The van der Waals surface area contributed by atoms with E-state index < -0.39 is 0 Å². The molecule has 2 aromatic heterocycles. The van der Waals surface area contributed by atoms with E-state index in [0.29, 0.717) is 22.6 Å². The number of carbonyl (C=O) groups is 1. The van der Waals surface area contributed by atoms with Crippen LogP contribution in [0.4, 0.5) is 5.69 Å². The van der Waals surface area contributed by atoms with Gasteiger partial charge in [0, 0.05) is 23.6 Å². The standard InChI is InChI=1S/C21H24N6OS2/c1-5-10-27-18(12-29-20-22-15(3)11-16(4)23-20)25-26-21(27)30-13-19(28)24-17-9-7-6-8-14(17)2/h5-9,11H,1,10,12-13H2,2-4H3,(H,24,28). The maximum Gasteiger partial charge on any atom is 0.234 e. The Labute approximate surface area is 184 Å². The fourth-order valence-electron chi connectivity index (χ4n) is 2.76. The number of nitrogens with one attached hydrogen (secondary N) is 1. The van der Waals surface area contributed by atoms with Crippen molar-refractivity contribution in [3.63, 3.8) is 0 Å². The first kappa shape index (κ1) is 22.0. The molecule has 0 spiro atoms. The SMILES string of the molecule is C=CCn1c(CSc2nc(C)cc(C)n2)nnc1SCC(=O)Nc1ccccc1C. The molecule has 30 heavy (non-hydrogen) atoms.